The standard InChI is InChI=1S/C54H44Cl2N18O26S8/c55-49-61-51(65-52(62-49)60-27-5-10-36(103(83,84)85)33(22-27)68-72-45-40(107(95,96)97)21-25-20-38(105(89,90)91)43(42(57)41(25)47(45)76)70-69-34-23-28(101(77,78)79)6-11-37(34)104(86,87)88)58-12-13-73-14-16-74(17-15-73)54-64-50(56)63-53(66-54)59-26-4-7-29-24(18-26)19-39(106(92,93)94)44(46(29)75)71-67-32-9-8-30-31(48(32)108(98,99)100)2-1-3-35(30)102(80,81)82/h1-11,18-23,67,76H,12-17,57H2,(H,77,78,79)(H,80,81,82)(H,83,84,85)(H,86,87,88)(H,89,90,91)(H,92,93,94)(H,95,96,97)(H,98,99,100)(H,59,63,64,66)(H2,58,60,61,62,65)/b70-69+,71-44+,72-68+. The lowest BCUT2D eigenvalue weighted by Gasteiger charge is -2.34. The summed E-state index contributed by atoms with van der Waals surface area (Å²) in [5.74, 6) is -2.92. The first kappa shape index (κ1) is 78.8. The monoisotopic (exact) mass is 1690 g/mol. The fourth-order valence-corrected chi connectivity index (χ4v) is 16.2. The Morgan fingerprint density at radius 1 is 0.509 bits per heavy atom. The average molecular weight is 1690 g/mol. The third kappa shape index (κ3) is 17.3. The van der Waals surface area contributed by atoms with Crippen LogP contribution in [0.1, 0.15) is 15.9 Å². The van der Waals surface area contributed by atoms with Crippen molar-refractivity contribution in [3.63, 3.8) is 0 Å². The first-order valence-corrected chi connectivity index (χ1v) is 41.3. The molecule has 0 amide bonds. The summed E-state index contributed by atoms with van der Waals surface area (Å²) in [6.45, 7) is 1.98. The number of Topliss-reactive ketones (excluding diaryl/α,β-unsaturated/α-hetero) is 1. The molecule has 11 rings (SSSR count). The second-order valence-electron chi connectivity index (χ2n) is 22.3. The van der Waals surface area contributed by atoms with Crippen molar-refractivity contribution in [2.75, 3.05) is 71.3 Å². The van der Waals surface area contributed by atoms with Gasteiger partial charge >= 0.3 is 0 Å². The number of anilines is 8. The normalized spacial score (nSPS) is 14.9. The zero-order valence-electron chi connectivity index (χ0n) is 52.9. The number of phenols is 1. The fourth-order valence-electron chi connectivity index (χ4n) is 10.7. The number of hydrogen-bond donors (Lipinski definition) is 14. The number of hydrogen-bond acceptors (Lipinski definition) is 36. The van der Waals surface area contributed by atoms with Crippen LogP contribution >= 0.6 is 23.2 Å². The number of carbonyl (C=O) groups is 1. The molecule has 0 unspecified atom stereocenters. The molecule has 0 radical (unpaired) electrons. The number of aromatic hydroxyl groups is 1. The van der Waals surface area contributed by atoms with Gasteiger partial charge in [0.1, 0.15) is 57.0 Å². The van der Waals surface area contributed by atoms with Crippen LogP contribution in [0, 0.1) is 0 Å². The number of nitrogens with zero attached hydrogens (tertiary/aromatic N) is 13. The number of benzene rings is 7. The second kappa shape index (κ2) is 29.1. The lowest BCUT2D eigenvalue weighted by molar-refractivity contribution is 0.106. The smallest absolute Gasteiger partial charge is 0.297 e. The van der Waals surface area contributed by atoms with Crippen molar-refractivity contribution < 1.29 is 114 Å². The Hall–Kier alpha value is -10.2. The predicted octanol–water partition coefficient (Wildman–Crippen LogP) is 6.13. The number of nitrogens with two attached hydrogens (primary N) is 1. The molecular formula is C54H44Cl2N18O26S8. The third-order valence-electron chi connectivity index (χ3n) is 15.3. The molecule has 1 aliphatic heterocycles. The first-order valence-electron chi connectivity index (χ1n) is 29.0. The molecular weight excluding hydrogens is 1640 g/mol. The van der Waals surface area contributed by atoms with E-state index in [4.69, 9.17) is 28.9 Å². The quantitative estimate of drug-likeness (QED) is 0.0148. The van der Waals surface area contributed by atoms with Crippen molar-refractivity contribution in [2.45, 2.75) is 34.3 Å². The van der Waals surface area contributed by atoms with E-state index in [9.17, 15) is 114 Å². The lowest BCUT2D eigenvalue weighted by atomic mass is 9.94. The number of carbonyl (C=O) groups excluding carboxylic acids is 1. The number of hydrazone groups is 1. The minimum atomic E-state index is -5.60. The van der Waals surface area contributed by atoms with E-state index in [1.165, 1.54) is 18.2 Å². The number of rotatable bonds is 23. The lowest BCUT2D eigenvalue weighted by Crippen LogP contribution is -2.48. The van der Waals surface area contributed by atoms with Gasteiger partial charge in [-0.05, 0) is 119 Å². The van der Waals surface area contributed by atoms with E-state index in [1.807, 2.05) is 4.90 Å². The molecule has 44 nitrogen and oxygen atoms in total. The van der Waals surface area contributed by atoms with Crippen LogP contribution in [0.5, 0.6) is 5.75 Å². The number of piperazine rings is 1. The largest absolute Gasteiger partial charge is 0.505 e. The number of azo groups is 2. The molecule has 1 fully saturated rings. The van der Waals surface area contributed by atoms with Gasteiger partial charge in [0.15, 0.2) is 11.5 Å². The van der Waals surface area contributed by atoms with Crippen LogP contribution in [0.3, 0.4) is 0 Å². The highest BCUT2D eigenvalue weighted by Crippen LogP contribution is 2.49. The molecule has 108 heavy (non-hydrogen) atoms. The van der Waals surface area contributed by atoms with Gasteiger partial charge in [0.25, 0.3) is 80.9 Å². The number of halogens is 2. The van der Waals surface area contributed by atoms with E-state index in [2.05, 4.69) is 76.8 Å². The van der Waals surface area contributed by atoms with E-state index in [1.54, 1.807) is 4.90 Å². The van der Waals surface area contributed by atoms with Gasteiger partial charge in [-0.1, -0.05) is 18.2 Å². The molecule has 0 bridgehead atoms. The number of aromatic nitrogens is 6. The van der Waals surface area contributed by atoms with E-state index in [0.29, 0.717) is 63.1 Å². The van der Waals surface area contributed by atoms with Crippen LogP contribution in [-0.4, -0.2) is 194 Å². The first-order chi connectivity index (χ1) is 50.1. The Morgan fingerprint density at radius 3 is 1.65 bits per heavy atom. The van der Waals surface area contributed by atoms with Crippen molar-refractivity contribution in [1.82, 2.24) is 34.8 Å². The number of nitrogen functional groups attached to an aromatic ring is 1. The second-order valence-corrected chi connectivity index (χ2v) is 34.1. The Bertz CT molecular complexity index is 6500. The van der Waals surface area contributed by atoms with Crippen molar-refractivity contribution >= 4 is 213 Å². The number of allylic oxidation sites excluding steroid dienone is 1. The summed E-state index contributed by atoms with van der Waals surface area (Å²) in [5.41, 5.74) is 1.17. The molecule has 1 saturated heterocycles. The van der Waals surface area contributed by atoms with Crippen LogP contribution in [0.25, 0.3) is 27.6 Å². The Balaban J connectivity index is 0.766. The van der Waals surface area contributed by atoms with Crippen molar-refractivity contribution in [1.29, 1.82) is 0 Å². The molecule has 0 spiro atoms. The Kier molecular flexibility index (Phi) is 21.2. The highest BCUT2D eigenvalue weighted by atomic mass is 35.5. The van der Waals surface area contributed by atoms with E-state index >= 15 is 0 Å². The Morgan fingerprint density at radius 2 is 1.06 bits per heavy atom. The molecule has 9 aromatic rings. The van der Waals surface area contributed by atoms with Gasteiger partial charge in [0.05, 0.1) is 21.7 Å². The highest BCUT2D eigenvalue weighted by molar-refractivity contribution is 7.91. The fraction of sp³-hybridized carbons (Fsp3) is 0.111. The summed E-state index contributed by atoms with van der Waals surface area (Å²) in [4.78, 5) is 34.1. The van der Waals surface area contributed by atoms with Crippen LogP contribution in [0.4, 0.5) is 69.3 Å². The van der Waals surface area contributed by atoms with Crippen LogP contribution in [0.2, 0.25) is 10.6 Å². The molecule has 0 atom stereocenters. The van der Waals surface area contributed by atoms with Gasteiger partial charge < -0.3 is 31.7 Å². The maximum Gasteiger partial charge on any atom is 0.297 e. The Labute approximate surface area is 617 Å². The van der Waals surface area contributed by atoms with Crippen molar-refractivity contribution in [2.24, 2.45) is 25.6 Å². The zero-order chi connectivity index (χ0) is 78.9. The molecule has 1 aliphatic carbocycles. The van der Waals surface area contributed by atoms with E-state index in [-0.39, 0.29) is 68.8 Å². The number of phenolic OH excluding ortho intramolecular Hbond substituents is 1. The summed E-state index contributed by atoms with van der Waals surface area (Å²) < 4.78 is 280. The molecule has 3 heterocycles. The summed E-state index contributed by atoms with van der Waals surface area (Å²) in [7, 11) is -42.3. The summed E-state index contributed by atoms with van der Waals surface area (Å²) in [6.07, 6.45) is 0.881. The van der Waals surface area contributed by atoms with Gasteiger partial charge in [-0.15, -0.1) is 20.5 Å². The van der Waals surface area contributed by atoms with Gasteiger partial charge in [-0.25, -0.2) is 0 Å². The maximum atomic E-state index is 13.9. The molecule has 2 aromatic heterocycles. The van der Waals surface area contributed by atoms with Crippen LogP contribution < -0.4 is 32.0 Å². The molecule has 568 valence electrons. The number of nitrogens with one attached hydrogen (secondary N) is 4. The van der Waals surface area contributed by atoms with Gasteiger partial charge in [0.2, 0.25) is 40.1 Å². The van der Waals surface area contributed by atoms with Crippen LogP contribution in [0.15, 0.2) is 162 Å². The molecule has 0 saturated carbocycles. The number of fused-ring (bicyclic) bond motifs is 3. The maximum absolute atomic E-state index is 13.9. The van der Waals surface area contributed by atoms with Crippen LogP contribution in [-0.2, 0) is 80.9 Å². The minimum Gasteiger partial charge on any atom is -0.505 e. The third-order valence-corrected chi connectivity index (χ3v) is 22.8. The van der Waals surface area contributed by atoms with E-state index in [0.717, 1.165) is 54.6 Å². The molecule has 2 aliphatic rings. The molecule has 54 heteroatoms. The summed E-state index contributed by atoms with van der Waals surface area (Å²) >= 11 is 12.6. The average Bonchev–Trinajstić information content (AvgIpc) is 0.746. The number of ketones is 1. The topological polar surface area (TPSA) is 692 Å². The highest BCUT2D eigenvalue weighted by Gasteiger charge is 2.35. The van der Waals surface area contributed by atoms with E-state index < -0.39 is 188 Å². The van der Waals surface area contributed by atoms with Crippen molar-refractivity contribution in [3.05, 3.63) is 124 Å². The van der Waals surface area contributed by atoms with Gasteiger partial charge in [-0.3, -0.25) is 51.5 Å². The molecule has 15 N–H and O–H groups in total. The predicted molar refractivity (Wildman–Crippen MR) is 379 cm³/mol. The summed E-state index contributed by atoms with van der Waals surface area (Å²) in [5, 5.41) is 35.3. The van der Waals surface area contributed by atoms with Gasteiger partial charge in [0, 0.05) is 67.0 Å². The minimum absolute atomic E-state index is 0.0800. The van der Waals surface area contributed by atoms with Crippen molar-refractivity contribution in [3.8, 4) is 5.75 Å². The summed E-state index contributed by atoms with van der Waals surface area (Å²) in [6, 6.07) is 13.8. The molecule has 7 aromatic carbocycles. The zero-order valence-corrected chi connectivity index (χ0v) is 61.0. The SMILES string of the molecule is Nc1c(/N=N/c2cc(S(=O)(=O)O)ccc2S(=O)(=O)O)c(S(=O)(=O)O)cc2cc(S(=O)(=O)O)c(/N=N/c3cc(Nc4nc(Cl)nc(NCCN5CCN(c6nc(Cl)nc(Nc7ccc8c(c7)C=C(S(=O)(=O)O)/C(=N\Nc7ccc9c(S(=O)(=O)O)cccc9c7S(=O)(=O)O)C8=O)n6)CC5)n4)ccc3S(=O)(=O)O)c(O)c12. The van der Waals surface area contributed by atoms with Gasteiger partial charge in [-0.2, -0.15) is 102 Å².